The lowest BCUT2D eigenvalue weighted by molar-refractivity contribution is -0.152. The summed E-state index contributed by atoms with van der Waals surface area (Å²) in [7, 11) is 1.66. The molecule has 0 amide bonds. The van der Waals surface area contributed by atoms with E-state index in [-0.39, 0.29) is 12.6 Å². The summed E-state index contributed by atoms with van der Waals surface area (Å²) in [6.07, 6.45) is 6.67. The van der Waals surface area contributed by atoms with Crippen LogP contribution in [0.3, 0.4) is 0 Å². The van der Waals surface area contributed by atoms with Crippen LogP contribution in [0.4, 0.5) is 0 Å². The van der Waals surface area contributed by atoms with Gasteiger partial charge in [-0.05, 0) is 19.3 Å². The first-order chi connectivity index (χ1) is 9.19. The van der Waals surface area contributed by atoms with Gasteiger partial charge in [0.2, 0.25) is 0 Å². The summed E-state index contributed by atoms with van der Waals surface area (Å²) in [5, 5.41) is 0. The van der Waals surface area contributed by atoms with Crippen molar-refractivity contribution in [3.63, 3.8) is 0 Å². The van der Waals surface area contributed by atoms with Crippen LogP contribution in [0.2, 0.25) is 0 Å². The Morgan fingerprint density at radius 3 is 2.37 bits per heavy atom. The molecule has 0 heterocycles. The van der Waals surface area contributed by atoms with Crippen molar-refractivity contribution in [1.29, 1.82) is 0 Å². The van der Waals surface area contributed by atoms with Crippen LogP contribution in [0.25, 0.3) is 0 Å². The Labute approximate surface area is 115 Å². The third-order valence-electron chi connectivity index (χ3n) is 3.50. The van der Waals surface area contributed by atoms with Gasteiger partial charge in [-0.15, -0.1) is 0 Å². The molecule has 5 heteroatoms. The second-order valence-corrected chi connectivity index (χ2v) is 5.16. The highest BCUT2D eigenvalue weighted by Crippen LogP contribution is 2.25. The summed E-state index contributed by atoms with van der Waals surface area (Å²) >= 11 is 0. The first kappa shape index (κ1) is 16.4. The van der Waals surface area contributed by atoms with E-state index >= 15 is 0 Å². The Balaban J connectivity index is 2.12. The van der Waals surface area contributed by atoms with Crippen molar-refractivity contribution in [1.82, 2.24) is 0 Å². The lowest BCUT2D eigenvalue weighted by Gasteiger charge is -2.25. The largest absolute Gasteiger partial charge is 0.462 e. The maximum absolute atomic E-state index is 12.0. The quantitative estimate of drug-likeness (QED) is 0.413. The smallest absolute Gasteiger partial charge is 0.326 e. The molecule has 1 aliphatic rings. The number of carbonyl (C=O) groups excluding carboxylic acids is 1. The van der Waals surface area contributed by atoms with E-state index in [9.17, 15) is 4.79 Å². The third kappa shape index (κ3) is 6.36. The van der Waals surface area contributed by atoms with Crippen LogP contribution < -0.4 is 5.73 Å². The van der Waals surface area contributed by atoms with Crippen molar-refractivity contribution in [2.24, 2.45) is 5.73 Å². The molecule has 0 bridgehead atoms. The van der Waals surface area contributed by atoms with Gasteiger partial charge in [-0.25, -0.2) is 0 Å². The van der Waals surface area contributed by atoms with E-state index in [4.69, 9.17) is 19.9 Å². The van der Waals surface area contributed by atoms with E-state index in [1.54, 1.807) is 7.11 Å². The monoisotopic (exact) mass is 273 g/mol. The summed E-state index contributed by atoms with van der Waals surface area (Å²) in [6.45, 7) is 2.02. The molecule has 19 heavy (non-hydrogen) atoms. The minimum Gasteiger partial charge on any atom is -0.462 e. The summed E-state index contributed by atoms with van der Waals surface area (Å²) in [5.74, 6) is -0.269. The molecular weight excluding hydrogens is 246 g/mol. The number of rotatable bonds is 8. The number of hydrogen-bond donors (Lipinski definition) is 1. The van der Waals surface area contributed by atoms with Crippen LogP contribution in [0, 0.1) is 0 Å². The van der Waals surface area contributed by atoms with E-state index < -0.39 is 5.54 Å². The molecule has 112 valence electrons. The SMILES string of the molecule is COCCCOCCOC(=O)C1(N)CCCCCC1. The molecule has 0 spiro atoms. The molecule has 0 aliphatic heterocycles. The van der Waals surface area contributed by atoms with Crippen LogP contribution in [0.5, 0.6) is 0 Å². The van der Waals surface area contributed by atoms with E-state index in [1.807, 2.05) is 0 Å². The van der Waals surface area contributed by atoms with Crippen molar-refractivity contribution < 1.29 is 19.0 Å². The van der Waals surface area contributed by atoms with Crippen LogP contribution >= 0.6 is 0 Å². The highest BCUT2D eigenvalue weighted by Gasteiger charge is 2.35. The number of hydrogen-bond acceptors (Lipinski definition) is 5. The van der Waals surface area contributed by atoms with Gasteiger partial charge in [0.25, 0.3) is 0 Å². The second kappa shape index (κ2) is 9.28. The molecule has 5 nitrogen and oxygen atoms in total. The third-order valence-corrected chi connectivity index (χ3v) is 3.50. The van der Waals surface area contributed by atoms with Crippen LogP contribution in [0.1, 0.15) is 44.9 Å². The standard InChI is InChI=1S/C14H27NO4/c1-17-9-6-10-18-11-12-19-13(16)14(15)7-4-2-3-5-8-14/h2-12,15H2,1H3. The Morgan fingerprint density at radius 1 is 1.05 bits per heavy atom. The van der Waals surface area contributed by atoms with E-state index in [1.165, 1.54) is 0 Å². The van der Waals surface area contributed by atoms with Crippen LogP contribution in [0.15, 0.2) is 0 Å². The molecule has 1 rings (SSSR count). The predicted octanol–water partition coefficient (Wildman–Crippen LogP) is 1.63. The summed E-state index contributed by atoms with van der Waals surface area (Å²) < 4.78 is 15.5. The lowest BCUT2D eigenvalue weighted by Crippen LogP contribution is -2.48. The molecule has 1 fully saturated rings. The lowest BCUT2D eigenvalue weighted by atomic mass is 9.92. The molecule has 0 saturated heterocycles. The Bertz CT molecular complexity index is 250. The highest BCUT2D eigenvalue weighted by molar-refractivity contribution is 5.80. The molecule has 0 aromatic rings. The average Bonchev–Trinajstić information content (AvgIpc) is 2.63. The number of methoxy groups -OCH3 is 1. The van der Waals surface area contributed by atoms with Gasteiger partial charge < -0.3 is 19.9 Å². The first-order valence-corrected chi connectivity index (χ1v) is 7.22. The zero-order chi connectivity index (χ0) is 14.0. The fraction of sp³-hybridized carbons (Fsp3) is 0.929. The number of nitrogens with two attached hydrogens (primary N) is 1. The Kier molecular flexibility index (Phi) is 8.02. The Morgan fingerprint density at radius 2 is 1.74 bits per heavy atom. The van der Waals surface area contributed by atoms with Gasteiger partial charge in [0, 0.05) is 20.3 Å². The van der Waals surface area contributed by atoms with E-state index in [2.05, 4.69) is 0 Å². The molecule has 0 aromatic carbocycles. The van der Waals surface area contributed by atoms with Crippen molar-refractivity contribution in [3.05, 3.63) is 0 Å². The van der Waals surface area contributed by atoms with Crippen molar-refractivity contribution in [3.8, 4) is 0 Å². The average molecular weight is 273 g/mol. The molecule has 0 radical (unpaired) electrons. The normalized spacial score (nSPS) is 18.8. The molecule has 1 saturated carbocycles. The van der Waals surface area contributed by atoms with Crippen molar-refractivity contribution in [2.75, 3.05) is 33.5 Å². The molecule has 0 unspecified atom stereocenters. The van der Waals surface area contributed by atoms with Gasteiger partial charge in [-0.3, -0.25) is 4.79 Å². The first-order valence-electron chi connectivity index (χ1n) is 7.22. The van der Waals surface area contributed by atoms with Gasteiger partial charge in [-0.2, -0.15) is 0 Å². The van der Waals surface area contributed by atoms with Gasteiger partial charge >= 0.3 is 5.97 Å². The molecule has 0 aromatic heterocycles. The van der Waals surface area contributed by atoms with Crippen molar-refractivity contribution >= 4 is 5.97 Å². The highest BCUT2D eigenvalue weighted by atomic mass is 16.6. The summed E-state index contributed by atoms with van der Waals surface area (Å²) in [6, 6.07) is 0. The van der Waals surface area contributed by atoms with Crippen LogP contribution in [-0.4, -0.2) is 45.0 Å². The fourth-order valence-corrected chi connectivity index (χ4v) is 2.31. The molecule has 1 aliphatic carbocycles. The van der Waals surface area contributed by atoms with Crippen molar-refractivity contribution in [2.45, 2.75) is 50.5 Å². The topological polar surface area (TPSA) is 70.8 Å². The fourth-order valence-electron chi connectivity index (χ4n) is 2.31. The maximum Gasteiger partial charge on any atom is 0.326 e. The molecule has 0 atom stereocenters. The number of ether oxygens (including phenoxy) is 3. The minimum atomic E-state index is -0.771. The van der Waals surface area contributed by atoms with E-state index in [0.29, 0.717) is 19.8 Å². The van der Waals surface area contributed by atoms with Crippen LogP contribution in [-0.2, 0) is 19.0 Å². The van der Waals surface area contributed by atoms with Gasteiger partial charge in [0.15, 0.2) is 0 Å². The van der Waals surface area contributed by atoms with Gasteiger partial charge in [0.1, 0.15) is 12.1 Å². The summed E-state index contributed by atoms with van der Waals surface area (Å²) in [5.41, 5.74) is 5.38. The predicted molar refractivity (Wildman–Crippen MR) is 72.9 cm³/mol. The van der Waals surface area contributed by atoms with E-state index in [0.717, 1.165) is 44.9 Å². The zero-order valence-corrected chi connectivity index (χ0v) is 12.0. The minimum absolute atomic E-state index is 0.269. The molecular formula is C14H27NO4. The van der Waals surface area contributed by atoms with Gasteiger partial charge in [-0.1, -0.05) is 25.7 Å². The summed E-state index contributed by atoms with van der Waals surface area (Å²) in [4.78, 5) is 12.0. The zero-order valence-electron chi connectivity index (χ0n) is 12.0. The number of carbonyl (C=O) groups is 1. The Hall–Kier alpha value is -0.650. The molecule has 2 N–H and O–H groups in total. The maximum atomic E-state index is 12.0. The van der Waals surface area contributed by atoms with Gasteiger partial charge in [0.05, 0.1) is 6.61 Å². The number of esters is 1. The second-order valence-electron chi connectivity index (χ2n) is 5.16.